The van der Waals surface area contributed by atoms with Gasteiger partial charge in [0.05, 0.1) is 6.04 Å². The van der Waals surface area contributed by atoms with Crippen molar-refractivity contribution in [2.45, 2.75) is 12.5 Å². The molecule has 0 aliphatic heterocycles. The summed E-state index contributed by atoms with van der Waals surface area (Å²) in [4.78, 5) is 10.6. The van der Waals surface area contributed by atoms with Crippen LogP contribution in [0.4, 0.5) is 0 Å². The van der Waals surface area contributed by atoms with Gasteiger partial charge in [0.2, 0.25) is 5.91 Å². The minimum absolute atomic E-state index is 0. The fourth-order valence-corrected chi connectivity index (χ4v) is 0.405. The molecule has 0 rings (SSSR count). The van der Waals surface area contributed by atoms with E-state index in [1.165, 1.54) is 7.05 Å². The standard InChI is InChI=1S/C6H10N2O.ClH/c1-3-4-5(7)6(9)8-2;/h1,5H,4,7H2,2H3,(H,8,9);1H. The number of rotatable bonds is 2. The number of hydrogen-bond acceptors (Lipinski definition) is 2. The number of carbonyl (C=O) groups excluding carboxylic acids is 1. The zero-order valence-electron chi connectivity index (χ0n) is 5.76. The van der Waals surface area contributed by atoms with Crippen molar-refractivity contribution in [1.82, 2.24) is 5.32 Å². The van der Waals surface area contributed by atoms with Gasteiger partial charge in [-0.25, -0.2) is 0 Å². The van der Waals surface area contributed by atoms with Crippen LogP contribution in [0.25, 0.3) is 0 Å². The summed E-state index contributed by atoms with van der Waals surface area (Å²) in [6.07, 6.45) is 5.20. The number of nitrogens with one attached hydrogen (secondary N) is 1. The van der Waals surface area contributed by atoms with E-state index in [1.807, 2.05) is 0 Å². The molecule has 0 aliphatic rings. The summed E-state index contributed by atoms with van der Waals surface area (Å²) in [5.74, 6) is 2.08. The lowest BCUT2D eigenvalue weighted by molar-refractivity contribution is -0.121. The number of hydrogen-bond donors (Lipinski definition) is 2. The van der Waals surface area contributed by atoms with Gasteiger partial charge in [-0.15, -0.1) is 24.8 Å². The maximum Gasteiger partial charge on any atom is 0.237 e. The summed E-state index contributed by atoms with van der Waals surface area (Å²) in [6.45, 7) is 0. The van der Waals surface area contributed by atoms with Crippen LogP contribution in [0.15, 0.2) is 0 Å². The molecule has 0 spiro atoms. The average molecular weight is 163 g/mol. The van der Waals surface area contributed by atoms with E-state index < -0.39 is 6.04 Å². The number of amides is 1. The second kappa shape index (κ2) is 6.40. The quantitative estimate of drug-likeness (QED) is 0.539. The molecule has 0 aliphatic carbocycles. The maximum absolute atomic E-state index is 10.6. The van der Waals surface area contributed by atoms with E-state index >= 15 is 0 Å². The van der Waals surface area contributed by atoms with E-state index in [2.05, 4.69) is 11.2 Å². The van der Waals surface area contributed by atoms with E-state index in [0.29, 0.717) is 6.42 Å². The molecular weight excluding hydrogens is 152 g/mol. The molecule has 10 heavy (non-hydrogen) atoms. The molecule has 0 heterocycles. The first kappa shape index (κ1) is 12.0. The van der Waals surface area contributed by atoms with Gasteiger partial charge in [0, 0.05) is 13.5 Å². The zero-order chi connectivity index (χ0) is 7.28. The fraction of sp³-hybridized carbons (Fsp3) is 0.500. The third-order valence-corrected chi connectivity index (χ3v) is 0.921. The number of halogens is 1. The van der Waals surface area contributed by atoms with E-state index in [9.17, 15) is 4.79 Å². The maximum atomic E-state index is 10.6. The van der Waals surface area contributed by atoms with Crippen LogP contribution in [-0.4, -0.2) is 19.0 Å². The van der Waals surface area contributed by atoms with Gasteiger partial charge in [-0.05, 0) is 0 Å². The van der Waals surface area contributed by atoms with Crippen LogP contribution in [0.2, 0.25) is 0 Å². The number of carbonyl (C=O) groups is 1. The van der Waals surface area contributed by atoms with E-state index in [4.69, 9.17) is 12.2 Å². The third kappa shape index (κ3) is 4.19. The topological polar surface area (TPSA) is 55.1 Å². The largest absolute Gasteiger partial charge is 0.358 e. The highest BCUT2D eigenvalue weighted by Gasteiger charge is 2.07. The first-order valence-electron chi connectivity index (χ1n) is 2.63. The first-order valence-corrected chi connectivity index (χ1v) is 2.63. The smallest absolute Gasteiger partial charge is 0.237 e. The number of terminal acetylenes is 1. The zero-order valence-corrected chi connectivity index (χ0v) is 6.57. The Morgan fingerprint density at radius 1 is 1.90 bits per heavy atom. The Balaban J connectivity index is 0. The highest BCUT2D eigenvalue weighted by atomic mass is 35.5. The molecule has 0 aromatic carbocycles. The van der Waals surface area contributed by atoms with Crippen molar-refractivity contribution in [1.29, 1.82) is 0 Å². The molecule has 58 valence electrons. The summed E-state index contributed by atoms with van der Waals surface area (Å²) in [6, 6.07) is -0.556. The summed E-state index contributed by atoms with van der Waals surface area (Å²) in [5, 5.41) is 2.39. The van der Waals surface area contributed by atoms with Crippen molar-refractivity contribution in [3.63, 3.8) is 0 Å². The predicted molar refractivity (Wildman–Crippen MR) is 42.7 cm³/mol. The lowest BCUT2D eigenvalue weighted by atomic mass is 10.2. The molecule has 3 N–H and O–H groups in total. The molecular formula is C6H11ClN2O. The molecule has 0 aromatic heterocycles. The second-order valence-corrected chi connectivity index (χ2v) is 1.63. The summed E-state index contributed by atoms with van der Waals surface area (Å²) >= 11 is 0. The van der Waals surface area contributed by atoms with Gasteiger partial charge >= 0.3 is 0 Å². The van der Waals surface area contributed by atoms with Crippen molar-refractivity contribution in [2.24, 2.45) is 5.73 Å². The van der Waals surface area contributed by atoms with Crippen LogP contribution < -0.4 is 11.1 Å². The van der Waals surface area contributed by atoms with Crippen molar-refractivity contribution in [2.75, 3.05) is 7.05 Å². The van der Waals surface area contributed by atoms with Crippen LogP contribution in [0.5, 0.6) is 0 Å². The Morgan fingerprint density at radius 2 is 2.40 bits per heavy atom. The second-order valence-electron chi connectivity index (χ2n) is 1.63. The lowest BCUT2D eigenvalue weighted by Crippen LogP contribution is -2.38. The highest BCUT2D eigenvalue weighted by Crippen LogP contribution is 1.83. The van der Waals surface area contributed by atoms with Crippen LogP contribution in [0.1, 0.15) is 6.42 Å². The lowest BCUT2D eigenvalue weighted by Gasteiger charge is -2.03. The molecule has 0 aromatic rings. The molecule has 0 fully saturated rings. The SMILES string of the molecule is C#CCC(N)C(=O)NC.Cl. The molecule has 4 heteroatoms. The monoisotopic (exact) mass is 162 g/mol. The Morgan fingerprint density at radius 3 is 2.70 bits per heavy atom. The average Bonchev–Trinajstić information content (AvgIpc) is 1.87. The first-order chi connectivity index (χ1) is 4.22. The Bertz CT molecular complexity index is 141. The molecule has 3 nitrogen and oxygen atoms in total. The molecule has 1 unspecified atom stereocenters. The van der Waals surface area contributed by atoms with Crippen LogP contribution >= 0.6 is 12.4 Å². The Labute approximate surface area is 66.8 Å². The van der Waals surface area contributed by atoms with Crippen LogP contribution in [0, 0.1) is 12.3 Å². The van der Waals surface area contributed by atoms with Crippen LogP contribution in [-0.2, 0) is 4.79 Å². The summed E-state index contributed by atoms with van der Waals surface area (Å²) in [7, 11) is 1.53. The van der Waals surface area contributed by atoms with E-state index in [-0.39, 0.29) is 18.3 Å². The predicted octanol–water partition coefficient (Wildman–Crippen LogP) is -0.495. The van der Waals surface area contributed by atoms with Crippen molar-refractivity contribution >= 4 is 18.3 Å². The molecule has 0 saturated carbocycles. The minimum Gasteiger partial charge on any atom is -0.358 e. The third-order valence-electron chi connectivity index (χ3n) is 0.921. The molecule has 0 bridgehead atoms. The fourth-order valence-electron chi connectivity index (χ4n) is 0.405. The van der Waals surface area contributed by atoms with Gasteiger partial charge in [0.15, 0.2) is 0 Å². The van der Waals surface area contributed by atoms with Crippen molar-refractivity contribution in [3.8, 4) is 12.3 Å². The van der Waals surface area contributed by atoms with Crippen molar-refractivity contribution in [3.05, 3.63) is 0 Å². The molecule has 1 amide bonds. The van der Waals surface area contributed by atoms with Gasteiger partial charge in [-0.1, -0.05) is 0 Å². The van der Waals surface area contributed by atoms with Gasteiger partial charge in [0.1, 0.15) is 0 Å². The van der Waals surface area contributed by atoms with Gasteiger partial charge in [-0.3, -0.25) is 4.79 Å². The van der Waals surface area contributed by atoms with E-state index in [0.717, 1.165) is 0 Å². The van der Waals surface area contributed by atoms with Gasteiger partial charge in [-0.2, -0.15) is 0 Å². The van der Waals surface area contributed by atoms with Crippen molar-refractivity contribution < 1.29 is 4.79 Å². The Kier molecular flexibility index (Phi) is 7.68. The molecule has 1 atom stereocenters. The van der Waals surface area contributed by atoms with Gasteiger partial charge in [0.25, 0.3) is 0 Å². The summed E-state index contributed by atoms with van der Waals surface area (Å²) in [5.41, 5.74) is 5.28. The number of likely N-dealkylation sites (N-methyl/N-ethyl adjacent to an activating group) is 1. The number of nitrogens with two attached hydrogens (primary N) is 1. The van der Waals surface area contributed by atoms with E-state index in [1.54, 1.807) is 0 Å². The van der Waals surface area contributed by atoms with Crippen LogP contribution in [0.3, 0.4) is 0 Å². The highest BCUT2D eigenvalue weighted by molar-refractivity contribution is 5.85. The minimum atomic E-state index is -0.556. The Hall–Kier alpha value is -0.720. The van der Waals surface area contributed by atoms with Gasteiger partial charge < -0.3 is 11.1 Å². The normalized spacial score (nSPS) is 10.5. The molecule has 0 saturated heterocycles. The summed E-state index contributed by atoms with van der Waals surface area (Å²) < 4.78 is 0. The molecule has 0 radical (unpaired) electrons.